The summed E-state index contributed by atoms with van der Waals surface area (Å²) in [7, 11) is 0. The van der Waals surface area contributed by atoms with E-state index in [4.69, 9.17) is 4.98 Å². The van der Waals surface area contributed by atoms with Crippen LogP contribution in [0.1, 0.15) is 36.8 Å². The number of aryl methyl sites for hydroxylation is 1. The van der Waals surface area contributed by atoms with Crippen LogP contribution in [0.15, 0.2) is 23.0 Å². The lowest BCUT2D eigenvalue weighted by Crippen LogP contribution is -2.57. The van der Waals surface area contributed by atoms with Gasteiger partial charge in [0.2, 0.25) is 0 Å². The Balaban J connectivity index is 1.56. The van der Waals surface area contributed by atoms with E-state index in [-0.39, 0.29) is 5.54 Å². The lowest BCUT2D eigenvalue weighted by atomic mass is 9.83. The third-order valence-electron chi connectivity index (χ3n) is 5.72. The van der Waals surface area contributed by atoms with Gasteiger partial charge in [-0.15, -0.1) is 0 Å². The van der Waals surface area contributed by atoms with Crippen molar-refractivity contribution in [3.63, 3.8) is 0 Å². The number of hydrogen-bond donors (Lipinski definition) is 0. The minimum Gasteiger partial charge on any atom is -0.329 e. The minimum atomic E-state index is 0.159. The topological polar surface area (TPSA) is 24.3 Å². The van der Waals surface area contributed by atoms with Crippen molar-refractivity contribution in [2.24, 2.45) is 0 Å². The molecule has 2 aromatic rings. The predicted molar refractivity (Wildman–Crippen MR) is 94.7 cm³/mol. The molecule has 2 aromatic heterocycles. The van der Waals surface area contributed by atoms with E-state index < -0.39 is 0 Å². The first-order valence-electron chi connectivity index (χ1n) is 8.74. The lowest BCUT2D eigenvalue weighted by molar-refractivity contribution is -0.00831. The number of piperidine rings is 1. The van der Waals surface area contributed by atoms with E-state index in [1.807, 2.05) is 0 Å². The van der Waals surface area contributed by atoms with Crippen LogP contribution in [0.25, 0.3) is 0 Å². The summed E-state index contributed by atoms with van der Waals surface area (Å²) in [6.45, 7) is 11.3. The highest BCUT2D eigenvalue weighted by molar-refractivity contribution is 7.07. The van der Waals surface area contributed by atoms with E-state index in [1.165, 1.54) is 29.9 Å². The Morgan fingerprint density at radius 1 is 1.22 bits per heavy atom. The summed E-state index contributed by atoms with van der Waals surface area (Å²) in [4.78, 5) is 10.1. The average Bonchev–Trinajstić information content (AvgIpc) is 3.21. The highest BCUT2D eigenvalue weighted by Gasteiger charge is 2.46. The van der Waals surface area contributed by atoms with Crippen molar-refractivity contribution in [3.05, 3.63) is 40.1 Å². The highest BCUT2D eigenvalue weighted by Crippen LogP contribution is 2.41. The molecule has 1 spiro atoms. The summed E-state index contributed by atoms with van der Waals surface area (Å²) in [5.41, 5.74) is 2.93. The van der Waals surface area contributed by atoms with Crippen molar-refractivity contribution in [3.8, 4) is 0 Å². The molecular weight excluding hydrogens is 304 g/mol. The second-order valence-corrected chi connectivity index (χ2v) is 7.67. The lowest BCUT2D eigenvalue weighted by Gasteiger charge is -2.50. The van der Waals surface area contributed by atoms with Crippen molar-refractivity contribution >= 4 is 11.3 Å². The van der Waals surface area contributed by atoms with Gasteiger partial charge in [0.1, 0.15) is 5.82 Å². The Hall–Kier alpha value is -1.17. The Morgan fingerprint density at radius 3 is 2.74 bits per heavy atom. The van der Waals surface area contributed by atoms with Crippen molar-refractivity contribution in [1.29, 1.82) is 0 Å². The second kappa shape index (κ2) is 6.04. The maximum atomic E-state index is 4.84. The SMILES string of the molecule is CCN1CCn2c(C)cnc2C12CCN(Cc1ccsc1)CC2. The van der Waals surface area contributed by atoms with E-state index in [2.05, 4.69) is 51.2 Å². The van der Waals surface area contributed by atoms with Gasteiger partial charge in [-0.25, -0.2) is 4.98 Å². The van der Waals surface area contributed by atoms with E-state index in [0.717, 1.165) is 39.3 Å². The standard InChI is InChI=1S/C18H26N4S/c1-3-21-9-10-22-15(2)12-19-17(22)18(21)5-7-20(8-6-18)13-16-4-11-23-14-16/h4,11-12,14H,3,5-10,13H2,1-2H3. The molecule has 4 nitrogen and oxygen atoms in total. The third-order valence-corrected chi connectivity index (χ3v) is 6.45. The molecule has 0 N–H and O–H groups in total. The van der Waals surface area contributed by atoms with Gasteiger partial charge in [0.15, 0.2) is 0 Å². The van der Waals surface area contributed by atoms with Crippen LogP contribution in [0.5, 0.6) is 0 Å². The zero-order valence-electron chi connectivity index (χ0n) is 14.2. The summed E-state index contributed by atoms with van der Waals surface area (Å²) in [6.07, 6.45) is 4.46. The Bertz CT molecular complexity index is 653. The molecule has 23 heavy (non-hydrogen) atoms. The molecule has 124 valence electrons. The molecule has 5 heteroatoms. The van der Waals surface area contributed by atoms with Crippen molar-refractivity contribution in [2.75, 3.05) is 26.2 Å². The molecule has 0 bridgehead atoms. The monoisotopic (exact) mass is 330 g/mol. The number of likely N-dealkylation sites (tertiary alicyclic amines) is 1. The van der Waals surface area contributed by atoms with Gasteiger partial charge in [-0.3, -0.25) is 9.80 Å². The van der Waals surface area contributed by atoms with Crippen LogP contribution in [0, 0.1) is 6.92 Å². The number of fused-ring (bicyclic) bond motifs is 2. The van der Waals surface area contributed by atoms with Gasteiger partial charge in [0.25, 0.3) is 0 Å². The quantitative estimate of drug-likeness (QED) is 0.864. The molecule has 4 rings (SSSR count). The number of likely N-dealkylation sites (N-methyl/N-ethyl adjacent to an activating group) is 1. The van der Waals surface area contributed by atoms with Crippen LogP contribution in [0.2, 0.25) is 0 Å². The Kier molecular flexibility index (Phi) is 4.03. The van der Waals surface area contributed by atoms with Gasteiger partial charge >= 0.3 is 0 Å². The van der Waals surface area contributed by atoms with E-state index in [0.29, 0.717) is 0 Å². The summed E-state index contributed by atoms with van der Waals surface area (Å²) < 4.78 is 2.46. The zero-order valence-corrected chi connectivity index (χ0v) is 15.0. The number of rotatable bonds is 3. The van der Waals surface area contributed by atoms with Crippen molar-refractivity contribution in [2.45, 2.75) is 45.3 Å². The largest absolute Gasteiger partial charge is 0.329 e. The van der Waals surface area contributed by atoms with Crippen LogP contribution in [0.4, 0.5) is 0 Å². The summed E-state index contributed by atoms with van der Waals surface area (Å²) in [5.74, 6) is 1.32. The molecule has 0 aromatic carbocycles. The summed E-state index contributed by atoms with van der Waals surface area (Å²) >= 11 is 1.80. The summed E-state index contributed by atoms with van der Waals surface area (Å²) in [5, 5.41) is 4.46. The first-order valence-corrected chi connectivity index (χ1v) is 9.68. The Morgan fingerprint density at radius 2 is 2.04 bits per heavy atom. The smallest absolute Gasteiger partial charge is 0.129 e. The fourth-order valence-corrected chi connectivity index (χ4v) is 5.07. The van der Waals surface area contributed by atoms with E-state index in [1.54, 1.807) is 11.3 Å². The fraction of sp³-hybridized carbons (Fsp3) is 0.611. The molecule has 2 aliphatic heterocycles. The van der Waals surface area contributed by atoms with E-state index >= 15 is 0 Å². The molecular formula is C18H26N4S. The van der Waals surface area contributed by atoms with Gasteiger partial charge in [0, 0.05) is 44.6 Å². The molecule has 0 unspecified atom stereocenters. The Labute approximate surface area is 142 Å². The number of nitrogens with zero attached hydrogens (tertiary/aromatic N) is 4. The normalized spacial score (nSPS) is 21.7. The molecule has 2 aliphatic rings. The van der Waals surface area contributed by atoms with Gasteiger partial charge in [-0.05, 0) is 48.7 Å². The fourth-order valence-electron chi connectivity index (χ4n) is 4.41. The molecule has 0 radical (unpaired) electrons. The van der Waals surface area contributed by atoms with Crippen LogP contribution >= 0.6 is 11.3 Å². The molecule has 0 aliphatic carbocycles. The van der Waals surface area contributed by atoms with Crippen LogP contribution in [-0.2, 0) is 18.6 Å². The second-order valence-electron chi connectivity index (χ2n) is 6.89. The average molecular weight is 331 g/mol. The first-order chi connectivity index (χ1) is 11.2. The predicted octanol–water partition coefficient (Wildman–Crippen LogP) is 3.08. The van der Waals surface area contributed by atoms with Crippen molar-refractivity contribution < 1.29 is 0 Å². The zero-order chi connectivity index (χ0) is 15.9. The molecule has 0 amide bonds. The highest BCUT2D eigenvalue weighted by atomic mass is 32.1. The number of aromatic nitrogens is 2. The number of hydrogen-bond acceptors (Lipinski definition) is 4. The van der Waals surface area contributed by atoms with E-state index in [9.17, 15) is 0 Å². The molecule has 0 saturated carbocycles. The summed E-state index contributed by atoms with van der Waals surface area (Å²) in [6, 6.07) is 2.25. The molecule has 1 fully saturated rings. The van der Waals surface area contributed by atoms with Gasteiger partial charge in [-0.2, -0.15) is 11.3 Å². The number of imidazole rings is 1. The van der Waals surface area contributed by atoms with Gasteiger partial charge in [-0.1, -0.05) is 6.92 Å². The minimum absolute atomic E-state index is 0.159. The van der Waals surface area contributed by atoms with Crippen molar-refractivity contribution in [1.82, 2.24) is 19.4 Å². The maximum absolute atomic E-state index is 4.84. The number of thiophene rings is 1. The molecule has 4 heterocycles. The van der Waals surface area contributed by atoms with Crippen LogP contribution < -0.4 is 0 Å². The van der Waals surface area contributed by atoms with Gasteiger partial charge < -0.3 is 4.57 Å². The van der Waals surface area contributed by atoms with Gasteiger partial charge in [0.05, 0.1) is 5.54 Å². The van der Waals surface area contributed by atoms with Crippen LogP contribution in [-0.4, -0.2) is 45.5 Å². The molecule has 1 saturated heterocycles. The first kappa shape index (κ1) is 15.4. The third kappa shape index (κ3) is 2.55. The molecule has 0 atom stereocenters. The van der Waals surface area contributed by atoms with Crippen LogP contribution in [0.3, 0.4) is 0 Å². The maximum Gasteiger partial charge on any atom is 0.129 e.